The van der Waals surface area contributed by atoms with E-state index in [1.807, 2.05) is 12.1 Å². The topological polar surface area (TPSA) is 47.5 Å². The van der Waals surface area contributed by atoms with E-state index in [0.29, 0.717) is 23.9 Å². The van der Waals surface area contributed by atoms with Crippen LogP contribution in [0.15, 0.2) is 18.3 Å². The van der Waals surface area contributed by atoms with Crippen LogP contribution >= 0.6 is 11.6 Å². The highest BCUT2D eigenvalue weighted by atomic mass is 35.5. The number of morpholine rings is 1. The normalized spacial score (nSPS) is 19.4. The Kier molecular flexibility index (Phi) is 3.63. The third-order valence-corrected chi connectivity index (χ3v) is 3.79. The van der Waals surface area contributed by atoms with Gasteiger partial charge in [-0.25, -0.2) is 9.97 Å². The molecule has 0 radical (unpaired) electrons. The molecular formula is C14H16ClN3O2. The van der Waals surface area contributed by atoms with Crippen LogP contribution < -0.4 is 9.64 Å². The third kappa shape index (κ3) is 2.27. The lowest BCUT2D eigenvalue weighted by molar-refractivity contribution is 0.0985. The van der Waals surface area contributed by atoms with Gasteiger partial charge in [0.1, 0.15) is 17.1 Å². The molecule has 0 bridgehead atoms. The van der Waals surface area contributed by atoms with Crippen molar-refractivity contribution in [2.75, 3.05) is 31.8 Å². The SMILES string of the molecule is COc1cc(N2CCOCC2C)nc2c(Cl)nccc12. The van der Waals surface area contributed by atoms with Gasteiger partial charge in [-0.1, -0.05) is 11.6 Å². The first-order chi connectivity index (χ1) is 9.70. The molecule has 3 rings (SSSR count). The standard InChI is InChI=1S/C14H16ClN3O2/c1-9-8-20-6-5-18(9)12-7-11(19-2)10-3-4-16-14(15)13(10)17-12/h3-4,7,9H,5-6,8H2,1-2H3. The Hall–Kier alpha value is -1.59. The van der Waals surface area contributed by atoms with Gasteiger partial charge in [0.15, 0.2) is 5.15 Å². The average Bonchev–Trinajstić information content (AvgIpc) is 2.47. The lowest BCUT2D eigenvalue weighted by Crippen LogP contribution is -2.44. The molecule has 1 unspecified atom stereocenters. The number of nitrogens with zero attached hydrogens (tertiary/aromatic N) is 3. The van der Waals surface area contributed by atoms with Crippen LogP contribution in [0.1, 0.15) is 6.92 Å². The van der Waals surface area contributed by atoms with Gasteiger partial charge >= 0.3 is 0 Å². The van der Waals surface area contributed by atoms with Crippen LogP contribution in [0.2, 0.25) is 5.15 Å². The van der Waals surface area contributed by atoms with E-state index in [4.69, 9.17) is 21.1 Å². The fourth-order valence-corrected chi connectivity index (χ4v) is 2.66. The fourth-order valence-electron chi connectivity index (χ4n) is 2.46. The smallest absolute Gasteiger partial charge is 0.155 e. The molecular weight excluding hydrogens is 278 g/mol. The molecule has 5 nitrogen and oxygen atoms in total. The minimum atomic E-state index is 0.272. The summed E-state index contributed by atoms with van der Waals surface area (Å²) in [5, 5.41) is 1.26. The molecule has 3 heterocycles. The predicted molar refractivity (Wildman–Crippen MR) is 78.7 cm³/mol. The Labute approximate surface area is 122 Å². The predicted octanol–water partition coefficient (Wildman–Crippen LogP) is 2.52. The van der Waals surface area contributed by atoms with Crippen LogP contribution in [0.5, 0.6) is 5.75 Å². The molecule has 1 atom stereocenters. The van der Waals surface area contributed by atoms with E-state index in [2.05, 4.69) is 21.8 Å². The molecule has 106 valence electrons. The van der Waals surface area contributed by atoms with Crippen molar-refractivity contribution >= 4 is 28.3 Å². The van der Waals surface area contributed by atoms with Crippen LogP contribution in [0.25, 0.3) is 10.9 Å². The second-order valence-corrected chi connectivity index (χ2v) is 5.16. The summed E-state index contributed by atoms with van der Waals surface area (Å²) in [4.78, 5) is 10.9. The molecule has 1 saturated heterocycles. The monoisotopic (exact) mass is 293 g/mol. The highest BCUT2D eigenvalue weighted by molar-refractivity contribution is 6.34. The van der Waals surface area contributed by atoms with Gasteiger partial charge in [0.2, 0.25) is 0 Å². The average molecular weight is 294 g/mol. The van der Waals surface area contributed by atoms with Crippen molar-refractivity contribution in [3.8, 4) is 5.75 Å². The Morgan fingerprint density at radius 1 is 1.50 bits per heavy atom. The van der Waals surface area contributed by atoms with E-state index < -0.39 is 0 Å². The van der Waals surface area contributed by atoms with E-state index in [1.54, 1.807) is 13.3 Å². The summed E-state index contributed by atoms with van der Waals surface area (Å²) < 4.78 is 10.9. The highest BCUT2D eigenvalue weighted by Crippen LogP contribution is 2.32. The number of fused-ring (bicyclic) bond motifs is 1. The molecule has 0 amide bonds. The number of anilines is 1. The van der Waals surface area contributed by atoms with E-state index in [-0.39, 0.29) is 6.04 Å². The number of hydrogen-bond acceptors (Lipinski definition) is 5. The summed E-state index contributed by atoms with van der Waals surface area (Å²) in [5.41, 5.74) is 0.669. The molecule has 2 aromatic heterocycles. The van der Waals surface area contributed by atoms with Crippen molar-refractivity contribution in [3.05, 3.63) is 23.5 Å². The summed E-state index contributed by atoms with van der Waals surface area (Å²) in [6.45, 7) is 4.32. The van der Waals surface area contributed by atoms with Gasteiger partial charge < -0.3 is 14.4 Å². The Morgan fingerprint density at radius 3 is 3.10 bits per heavy atom. The number of ether oxygens (including phenoxy) is 2. The van der Waals surface area contributed by atoms with Gasteiger partial charge in [0, 0.05) is 24.2 Å². The Bertz CT molecular complexity index is 635. The zero-order chi connectivity index (χ0) is 14.1. The minimum absolute atomic E-state index is 0.272. The van der Waals surface area contributed by atoms with Crippen LogP contribution in [0.3, 0.4) is 0 Å². The number of methoxy groups -OCH3 is 1. The molecule has 6 heteroatoms. The molecule has 0 saturated carbocycles. The quantitative estimate of drug-likeness (QED) is 0.796. The van der Waals surface area contributed by atoms with Gasteiger partial charge in [-0.2, -0.15) is 0 Å². The van der Waals surface area contributed by atoms with Gasteiger partial charge in [-0.05, 0) is 13.0 Å². The summed E-state index contributed by atoms with van der Waals surface area (Å²) in [6, 6.07) is 4.08. The molecule has 20 heavy (non-hydrogen) atoms. The Morgan fingerprint density at radius 2 is 2.35 bits per heavy atom. The van der Waals surface area contributed by atoms with Crippen molar-refractivity contribution in [1.29, 1.82) is 0 Å². The van der Waals surface area contributed by atoms with E-state index in [1.165, 1.54) is 0 Å². The van der Waals surface area contributed by atoms with Gasteiger partial charge in [0.25, 0.3) is 0 Å². The highest BCUT2D eigenvalue weighted by Gasteiger charge is 2.22. The molecule has 1 aliphatic rings. The molecule has 2 aromatic rings. The van der Waals surface area contributed by atoms with Crippen molar-refractivity contribution in [2.24, 2.45) is 0 Å². The first kappa shape index (κ1) is 13.4. The first-order valence-corrected chi connectivity index (χ1v) is 6.92. The second-order valence-electron chi connectivity index (χ2n) is 4.80. The summed E-state index contributed by atoms with van der Waals surface area (Å²) >= 11 is 6.16. The zero-order valence-corrected chi connectivity index (χ0v) is 12.2. The summed E-state index contributed by atoms with van der Waals surface area (Å²) in [7, 11) is 1.65. The first-order valence-electron chi connectivity index (χ1n) is 6.54. The van der Waals surface area contributed by atoms with Gasteiger partial charge in [-0.3, -0.25) is 0 Å². The molecule has 0 aliphatic carbocycles. The van der Waals surface area contributed by atoms with Crippen LogP contribution in [-0.2, 0) is 4.74 Å². The lowest BCUT2D eigenvalue weighted by Gasteiger charge is -2.34. The number of rotatable bonds is 2. The summed E-state index contributed by atoms with van der Waals surface area (Å²) in [5.74, 6) is 1.60. The van der Waals surface area contributed by atoms with Crippen LogP contribution in [-0.4, -0.2) is 42.9 Å². The molecule has 0 aromatic carbocycles. The number of hydrogen-bond donors (Lipinski definition) is 0. The van der Waals surface area contributed by atoms with Crippen molar-refractivity contribution in [2.45, 2.75) is 13.0 Å². The molecule has 1 fully saturated rings. The van der Waals surface area contributed by atoms with Gasteiger partial charge in [-0.15, -0.1) is 0 Å². The van der Waals surface area contributed by atoms with Crippen molar-refractivity contribution < 1.29 is 9.47 Å². The van der Waals surface area contributed by atoms with E-state index in [0.717, 1.165) is 23.5 Å². The number of pyridine rings is 2. The molecule has 0 spiro atoms. The Balaban J connectivity index is 2.14. The maximum absolute atomic E-state index is 6.16. The number of aromatic nitrogens is 2. The van der Waals surface area contributed by atoms with E-state index in [9.17, 15) is 0 Å². The fraction of sp³-hybridized carbons (Fsp3) is 0.429. The van der Waals surface area contributed by atoms with Crippen molar-refractivity contribution in [1.82, 2.24) is 9.97 Å². The zero-order valence-electron chi connectivity index (χ0n) is 11.5. The molecule has 0 N–H and O–H groups in total. The maximum Gasteiger partial charge on any atom is 0.155 e. The lowest BCUT2D eigenvalue weighted by atomic mass is 10.2. The third-order valence-electron chi connectivity index (χ3n) is 3.51. The minimum Gasteiger partial charge on any atom is -0.496 e. The van der Waals surface area contributed by atoms with E-state index >= 15 is 0 Å². The maximum atomic E-state index is 6.16. The molecule has 1 aliphatic heterocycles. The number of halogens is 1. The summed E-state index contributed by atoms with van der Waals surface area (Å²) in [6.07, 6.45) is 1.66. The van der Waals surface area contributed by atoms with Crippen molar-refractivity contribution in [3.63, 3.8) is 0 Å². The van der Waals surface area contributed by atoms with Crippen LogP contribution in [0.4, 0.5) is 5.82 Å². The largest absolute Gasteiger partial charge is 0.496 e. The van der Waals surface area contributed by atoms with Gasteiger partial charge in [0.05, 0.1) is 26.4 Å². The van der Waals surface area contributed by atoms with Crippen LogP contribution in [0, 0.1) is 0 Å². The second kappa shape index (κ2) is 5.42.